The summed E-state index contributed by atoms with van der Waals surface area (Å²) in [6, 6.07) is 12.8. The molecule has 0 saturated heterocycles. The van der Waals surface area contributed by atoms with Crippen LogP contribution in [0.5, 0.6) is 0 Å². The molecule has 2 nitrogen and oxygen atoms in total. The molecule has 0 saturated carbocycles. The van der Waals surface area contributed by atoms with Gasteiger partial charge in [0.15, 0.2) is 0 Å². The summed E-state index contributed by atoms with van der Waals surface area (Å²) >= 11 is 5.29. The molecule has 0 amide bonds. The summed E-state index contributed by atoms with van der Waals surface area (Å²) in [6.45, 7) is 5.25. The van der Waals surface area contributed by atoms with Gasteiger partial charge in [-0.1, -0.05) is 18.6 Å². The van der Waals surface area contributed by atoms with Crippen LogP contribution in [-0.2, 0) is 0 Å². The van der Waals surface area contributed by atoms with Crippen LogP contribution in [0.25, 0.3) is 11.0 Å². The molecule has 2 heterocycles. The topological polar surface area (TPSA) is 25.2 Å². The van der Waals surface area contributed by atoms with Crippen LogP contribution in [0.4, 0.5) is 0 Å². The van der Waals surface area contributed by atoms with Crippen LogP contribution in [0.2, 0.25) is 0 Å². The summed E-state index contributed by atoms with van der Waals surface area (Å²) in [5.74, 6) is 0.985. The van der Waals surface area contributed by atoms with Crippen molar-refractivity contribution in [3.63, 3.8) is 0 Å². The molecular weight excluding hydrogens is 346 g/mol. The van der Waals surface area contributed by atoms with Gasteiger partial charge in [-0.05, 0) is 66.2 Å². The minimum absolute atomic E-state index is 0.119. The van der Waals surface area contributed by atoms with Gasteiger partial charge in [-0.3, -0.25) is 0 Å². The minimum Gasteiger partial charge on any atom is -0.459 e. The summed E-state index contributed by atoms with van der Waals surface area (Å²) in [7, 11) is 0. The van der Waals surface area contributed by atoms with Crippen LogP contribution in [0, 0.1) is 6.92 Å². The number of hydrogen-bond acceptors (Lipinski definition) is 3. The van der Waals surface area contributed by atoms with Crippen molar-refractivity contribution in [2.75, 3.05) is 6.54 Å². The van der Waals surface area contributed by atoms with E-state index in [1.165, 1.54) is 15.8 Å². The number of thiophene rings is 1. The van der Waals surface area contributed by atoms with Gasteiger partial charge in [-0.2, -0.15) is 0 Å². The van der Waals surface area contributed by atoms with Gasteiger partial charge in [0.1, 0.15) is 17.4 Å². The molecule has 110 valence electrons. The van der Waals surface area contributed by atoms with Gasteiger partial charge in [-0.15, -0.1) is 11.3 Å². The normalized spacial score (nSPS) is 12.9. The molecular formula is C17H18BrNOS. The number of fused-ring (bicyclic) bond motifs is 1. The van der Waals surface area contributed by atoms with Crippen molar-refractivity contribution in [3.8, 4) is 0 Å². The molecule has 0 fully saturated rings. The first-order valence-corrected chi connectivity index (χ1v) is 8.77. The van der Waals surface area contributed by atoms with Gasteiger partial charge in [-0.25, -0.2) is 0 Å². The fraction of sp³-hybridized carbons (Fsp3) is 0.294. The molecule has 0 radical (unpaired) electrons. The molecule has 1 N–H and O–H groups in total. The van der Waals surface area contributed by atoms with Gasteiger partial charge >= 0.3 is 0 Å². The third kappa shape index (κ3) is 3.23. The number of aryl methyl sites for hydroxylation is 1. The quantitative estimate of drug-likeness (QED) is 0.632. The van der Waals surface area contributed by atoms with Crippen LogP contribution in [0.3, 0.4) is 0 Å². The predicted octanol–water partition coefficient (Wildman–Crippen LogP) is 5.65. The molecule has 21 heavy (non-hydrogen) atoms. The Kier molecular flexibility index (Phi) is 4.48. The molecule has 1 atom stereocenters. The lowest BCUT2D eigenvalue weighted by Crippen LogP contribution is -2.21. The van der Waals surface area contributed by atoms with Crippen molar-refractivity contribution in [1.82, 2.24) is 5.32 Å². The first-order valence-electron chi connectivity index (χ1n) is 7.16. The lowest BCUT2D eigenvalue weighted by Gasteiger charge is -2.14. The summed E-state index contributed by atoms with van der Waals surface area (Å²) in [4.78, 5) is 1.27. The maximum atomic E-state index is 6.07. The van der Waals surface area contributed by atoms with Crippen LogP contribution in [0.15, 0.2) is 44.6 Å². The zero-order chi connectivity index (χ0) is 14.8. The minimum atomic E-state index is 0.119. The van der Waals surface area contributed by atoms with Gasteiger partial charge in [0.25, 0.3) is 0 Å². The SMILES string of the molecule is CCCNC(c1cc2cc(C)ccc2o1)c1ccc(Br)s1. The molecule has 4 heteroatoms. The molecule has 0 aliphatic heterocycles. The second-order valence-electron chi connectivity index (χ2n) is 5.22. The van der Waals surface area contributed by atoms with E-state index in [1.54, 1.807) is 11.3 Å². The van der Waals surface area contributed by atoms with Crippen molar-refractivity contribution in [3.05, 3.63) is 56.4 Å². The second kappa shape index (κ2) is 6.34. The lowest BCUT2D eigenvalue weighted by molar-refractivity contribution is 0.473. The van der Waals surface area contributed by atoms with E-state index < -0.39 is 0 Å². The molecule has 1 aromatic carbocycles. The zero-order valence-corrected chi connectivity index (χ0v) is 14.6. The second-order valence-corrected chi connectivity index (χ2v) is 7.71. The van der Waals surface area contributed by atoms with E-state index in [1.807, 2.05) is 0 Å². The van der Waals surface area contributed by atoms with E-state index in [9.17, 15) is 0 Å². The highest BCUT2D eigenvalue weighted by atomic mass is 79.9. The Balaban J connectivity index is 2.00. The van der Waals surface area contributed by atoms with Gasteiger partial charge < -0.3 is 9.73 Å². The monoisotopic (exact) mass is 363 g/mol. The third-order valence-electron chi connectivity index (χ3n) is 3.45. The highest BCUT2D eigenvalue weighted by molar-refractivity contribution is 9.11. The fourth-order valence-corrected chi connectivity index (χ4v) is 3.95. The summed E-state index contributed by atoms with van der Waals surface area (Å²) < 4.78 is 7.22. The van der Waals surface area contributed by atoms with Crippen molar-refractivity contribution in [2.24, 2.45) is 0 Å². The molecule has 1 unspecified atom stereocenters. The van der Waals surface area contributed by atoms with Crippen molar-refractivity contribution < 1.29 is 4.42 Å². The number of furan rings is 1. The number of hydrogen-bond donors (Lipinski definition) is 1. The summed E-state index contributed by atoms with van der Waals surface area (Å²) in [5, 5.41) is 4.76. The molecule has 3 rings (SSSR count). The lowest BCUT2D eigenvalue weighted by atomic mass is 10.1. The molecule has 0 bridgehead atoms. The maximum Gasteiger partial charge on any atom is 0.134 e. The fourth-order valence-electron chi connectivity index (χ4n) is 2.44. The van der Waals surface area contributed by atoms with E-state index in [-0.39, 0.29) is 6.04 Å². The average molecular weight is 364 g/mol. The molecule has 0 aliphatic rings. The van der Waals surface area contributed by atoms with Crippen LogP contribution < -0.4 is 5.32 Å². The Morgan fingerprint density at radius 3 is 2.81 bits per heavy atom. The zero-order valence-electron chi connectivity index (χ0n) is 12.2. The Morgan fingerprint density at radius 1 is 1.24 bits per heavy atom. The summed E-state index contributed by atoms with van der Waals surface area (Å²) in [6.07, 6.45) is 1.10. The Morgan fingerprint density at radius 2 is 2.10 bits per heavy atom. The van der Waals surface area contributed by atoms with E-state index in [4.69, 9.17) is 4.42 Å². The van der Waals surface area contributed by atoms with Crippen molar-refractivity contribution in [1.29, 1.82) is 0 Å². The van der Waals surface area contributed by atoms with Gasteiger partial charge in [0.05, 0.1) is 3.79 Å². The first-order chi connectivity index (χ1) is 10.2. The van der Waals surface area contributed by atoms with Gasteiger partial charge in [0.2, 0.25) is 0 Å². The third-order valence-corrected chi connectivity index (χ3v) is 5.14. The molecule has 0 spiro atoms. The molecule has 2 aromatic heterocycles. The Bertz CT molecular complexity index is 746. The smallest absolute Gasteiger partial charge is 0.134 e. The predicted molar refractivity (Wildman–Crippen MR) is 93.1 cm³/mol. The standard InChI is InChI=1S/C17H18BrNOS/c1-3-8-19-17(15-6-7-16(18)21-15)14-10-12-9-11(2)4-5-13(12)20-14/h4-7,9-10,17,19H,3,8H2,1-2H3. The largest absolute Gasteiger partial charge is 0.459 e. The summed E-state index contributed by atoms with van der Waals surface area (Å²) in [5.41, 5.74) is 2.21. The highest BCUT2D eigenvalue weighted by Crippen LogP contribution is 2.34. The van der Waals surface area contributed by atoms with Crippen molar-refractivity contribution in [2.45, 2.75) is 26.3 Å². The van der Waals surface area contributed by atoms with Crippen LogP contribution in [0.1, 0.15) is 35.6 Å². The maximum absolute atomic E-state index is 6.07. The van der Waals surface area contributed by atoms with E-state index in [0.29, 0.717) is 0 Å². The number of halogens is 1. The average Bonchev–Trinajstić information content (AvgIpc) is 3.05. The number of rotatable bonds is 5. The van der Waals surface area contributed by atoms with Crippen molar-refractivity contribution >= 4 is 38.2 Å². The van der Waals surface area contributed by atoms with Crippen LogP contribution in [-0.4, -0.2) is 6.54 Å². The Hall–Kier alpha value is -1.10. The Labute approximate surface area is 137 Å². The van der Waals surface area contributed by atoms with E-state index >= 15 is 0 Å². The van der Waals surface area contributed by atoms with Crippen LogP contribution >= 0.6 is 27.3 Å². The van der Waals surface area contributed by atoms with E-state index in [2.05, 4.69) is 71.5 Å². The first kappa shape index (κ1) is 14.8. The number of nitrogens with one attached hydrogen (secondary N) is 1. The van der Waals surface area contributed by atoms with E-state index in [0.717, 1.165) is 28.1 Å². The molecule has 0 aliphatic carbocycles. The number of benzene rings is 1. The highest BCUT2D eigenvalue weighted by Gasteiger charge is 2.19. The molecule has 3 aromatic rings. The van der Waals surface area contributed by atoms with Gasteiger partial charge in [0, 0.05) is 10.3 Å².